The van der Waals surface area contributed by atoms with E-state index in [0.717, 1.165) is 43.6 Å². The fourth-order valence-corrected chi connectivity index (χ4v) is 2.44. The van der Waals surface area contributed by atoms with Gasteiger partial charge in [-0.1, -0.05) is 18.2 Å². The Balaban J connectivity index is 1.94. The smallest absolute Gasteiger partial charge is 0.234 e. The monoisotopic (exact) mass is 233 g/mol. The molecule has 0 radical (unpaired) electrons. The zero-order valence-electron chi connectivity index (χ0n) is 9.93. The summed E-state index contributed by atoms with van der Waals surface area (Å²) in [7, 11) is 0. The van der Waals surface area contributed by atoms with E-state index in [4.69, 9.17) is 11.5 Å². The SMILES string of the molecule is NC(=O)C1CCCN1CCc1ccccc1N. The van der Waals surface area contributed by atoms with Gasteiger partial charge in [-0.25, -0.2) is 0 Å². The summed E-state index contributed by atoms with van der Waals surface area (Å²) in [6.45, 7) is 1.81. The lowest BCUT2D eigenvalue weighted by Gasteiger charge is -2.21. The number of nitrogen functional groups attached to an aromatic ring is 1. The average molecular weight is 233 g/mol. The van der Waals surface area contributed by atoms with Gasteiger partial charge in [0.1, 0.15) is 0 Å². The normalized spacial score (nSPS) is 20.6. The van der Waals surface area contributed by atoms with Gasteiger partial charge < -0.3 is 11.5 Å². The van der Waals surface area contributed by atoms with E-state index < -0.39 is 0 Å². The minimum atomic E-state index is -0.205. The molecule has 1 aliphatic heterocycles. The maximum atomic E-state index is 11.2. The maximum absolute atomic E-state index is 11.2. The van der Waals surface area contributed by atoms with Gasteiger partial charge in [0.2, 0.25) is 5.91 Å². The number of hydrogen-bond donors (Lipinski definition) is 2. The number of carbonyl (C=O) groups is 1. The Bertz CT molecular complexity index is 405. The number of primary amides is 1. The Morgan fingerprint density at radius 1 is 1.41 bits per heavy atom. The molecule has 4 nitrogen and oxygen atoms in total. The summed E-state index contributed by atoms with van der Waals surface area (Å²) in [5.74, 6) is -0.205. The number of nitrogens with two attached hydrogens (primary N) is 2. The highest BCUT2D eigenvalue weighted by atomic mass is 16.1. The number of likely N-dealkylation sites (tertiary alicyclic amines) is 1. The van der Waals surface area contributed by atoms with Crippen LogP contribution in [0, 0.1) is 0 Å². The molecule has 1 fully saturated rings. The first-order valence-electron chi connectivity index (χ1n) is 6.05. The van der Waals surface area contributed by atoms with Crippen molar-refractivity contribution in [1.29, 1.82) is 0 Å². The first kappa shape index (κ1) is 11.9. The fourth-order valence-electron chi connectivity index (χ4n) is 2.44. The Morgan fingerprint density at radius 2 is 2.18 bits per heavy atom. The van der Waals surface area contributed by atoms with Crippen LogP contribution in [0.1, 0.15) is 18.4 Å². The van der Waals surface area contributed by atoms with E-state index in [9.17, 15) is 4.79 Å². The van der Waals surface area contributed by atoms with Gasteiger partial charge in [-0.3, -0.25) is 9.69 Å². The molecule has 0 aromatic heterocycles. The lowest BCUT2D eigenvalue weighted by atomic mass is 10.1. The second kappa shape index (κ2) is 5.19. The summed E-state index contributed by atoms with van der Waals surface area (Å²) >= 11 is 0. The van der Waals surface area contributed by atoms with Gasteiger partial charge in [0.25, 0.3) is 0 Å². The summed E-state index contributed by atoms with van der Waals surface area (Å²) in [4.78, 5) is 13.4. The van der Waals surface area contributed by atoms with Gasteiger partial charge in [0.15, 0.2) is 0 Å². The van der Waals surface area contributed by atoms with Crippen molar-refractivity contribution >= 4 is 11.6 Å². The van der Waals surface area contributed by atoms with Crippen molar-refractivity contribution < 1.29 is 4.79 Å². The first-order valence-corrected chi connectivity index (χ1v) is 6.05. The first-order chi connectivity index (χ1) is 8.18. The predicted octanol–water partition coefficient (Wildman–Crippen LogP) is 0.761. The van der Waals surface area contributed by atoms with Crippen LogP contribution in [0.3, 0.4) is 0 Å². The Kier molecular flexibility index (Phi) is 3.64. The lowest BCUT2D eigenvalue weighted by molar-refractivity contribution is -0.122. The van der Waals surface area contributed by atoms with E-state index in [1.165, 1.54) is 0 Å². The van der Waals surface area contributed by atoms with Crippen molar-refractivity contribution in [3.63, 3.8) is 0 Å². The molecule has 1 unspecified atom stereocenters. The summed E-state index contributed by atoms with van der Waals surface area (Å²) in [5.41, 5.74) is 13.2. The standard InChI is InChI=1S/C13H19N3O/c14-11-5-2-1-4-10(11)7-9-16-8-3-6-12(16)13(15)17/h1-2,4-5,12H,3,6-9,14H2,(H2,15,17). The molecule has 1 amide bonds. The molecule has 0 bridgehead atoms. The number of benzene rings is 1. The number of rotatable bonds is 4. The zero-order valence-corrected chi connectivity index (χ0v) is 9.93. The highest BCUT2D eigenvalue weighted by Crippen LogP contribution is 2.18. The van der Waals surface area contributed by atoms with Gasteiger partial charge in [-0.05, 0) is 37.4 Å². The van der Waals surface area contributed by atoms with E-state index in [1.807, 2.05) is 24.3 Å². The molecule has 92 valence electrons. The molecule has 17 heavy (non-hydrogen) atoms. The number of anilines is 1. The molecule has 1 aliphatic rings. The van der Waals surface area contributed by atoms with Crippen LogP contribution in [-0.4, -0.2) is 29.9 Å². The van der Waals surface area contributed by atoms with Crippen molar-refractivity contribution in [2.75, 3.05) is 18.8 Å². The van der Waals surface area contributed by atoms with Gasteiger partial charge in [-0.2, -0.15) is 0 Å². The molecule has 0 spiro atoms. The molecule has 1 aromatic carbocycles. The Morgan fingerprint density at radius 3 is 2.88 bits per heavy atom. The highest BCUT2D eigenvalue weighted by Gasteiger charge is 2.28. The van der Waals surface area contributed by atoms with Gasteiger partial charge in [0, 0.05) is 12.2 Å². The van der Waals surface area contributed by atoms with E-state index >= 15 is 0 Å². The summed E-state index contributed by atoms with van der Waals surface area (Å²) in [6, 6.07) is 7.78. The molecule has 1 atom stereocenters. The minimum absolute atomic E-state index is 0.0834. The van der Waals surface area contributed by atoms with Crippen LogP contribution in [0.2, 0.25) is 0 Å². The largest absolute Gasteiger partial charge is 0.399 e. The summed E-state index contributed by atoms with van der Waals surface area (Å²) in [5, 5.41) is 0. The molecule has 1 aromatic rings. The minimum Gasteiger partial charge on any atom is -0.399 e. The van der Waals surface area contributed by atoms with Crippen molar-refractivity contribution in [1.82, 2.24) is 4.90 Å². The van der Waals surface area contributed by atoms with Crippen LogP contribution in [0.5, 0.6) is 0 Å². The molecule has 2 rings (SSSR count). The average Bonchev–Trinajstić information content (AvgIpc) is 2.76. The van der Waals surface area contributed by atoms with E-state index in [1.54, 1.807) is 0 Å². The van der Waals surface area contributed by atoms with Crippen molar-refractivity contribution in [2.24, 2.45) is 5.73 Å². The maximum Gasteiger partial charge on any atom is 0.234 e. The number of carbonyl (C=O) groups excluding carboxylic acids is 1. The van der Waals surface area contributed by atoms with E-state index in [-0.39, 0.29) is 11.9 Å². The van der Waals surface area contributed by atoms with Gasteiger partial charge in [0.05, 0.1) is 6.04 Å². The fraction of sp³-hybridized carbons (Fsp3) is 0.462. The second-order valence-corrected chi connectivity index (χ2v) is 4.55. The number of nitrogens with zero attached hydrogens (tertiary/aromatic N) is 1. The van der Waals surface area contributed by atoms with Gasteiger partial charge in [-0.15, -0.1) is 0 Å². The molecule has 1 heterocycles. The predicted molar refractivity (Wildman–Crippen MR) is 68.3 cm³/mol. The number of amides is 1. The van der Waals surface area contributed by atoms with Crippen molar-refractivity contribution in [3.05, 3.63) is 29.8 Å². The van der Waals surface area contributed by atoms with Crippen molar-refractivity contribution in [2.45, 2.75) is 25.3 Å². The van der Waals surface area contributed by atoms with Crippen LogP contribution in [0.25, 0.3) is 0 Å². The Labute approximate surface area is 102 Å². The molecular formula is C13H19N3O. The number of hydrogen-bond acceptors (Lipinski definition) is 3. The zero-order chi connectivity index (χ0) is 12.3. The third kappa shape index (κ3) is 2.77. The van der Waals surface area contributed by atoms with Crippen LogP contribution >= 0.6 is 0 Å². The van der Waals surface area contributed by atoms with Crippen LogP contribution in [-0.2, 0) is 11.2 Å². The topological polar surface area (TPSA) is 72.4 Å². The molecule has 4 heteroatoms. The Hall–Kier alpha value is -1.55. The molecule has 4 N–H and O–H groups in total. The van der Waals surface area contributed by atoms with Crippen LogP contribution in [0.4, 0.5) is 5.69 Å². The van der Waals surface area contributed by atoms with Crippen LogP contribution < -0.4 is 11.5 Å². The second-order valence-electron chi connectivity index (χ2n) is 4.55. The quantitative estimate of drug-likeness (QED) is 0.754. The lowest BCUT2D eigenvalue weighted by Crippen LogP contribution is -2.41. The van der Waals surface area contributed by atoms with Gasteiger partial charge >= 0.3 is 0 Å². The third-order valence-electron chi connectivity index (χ3n) is 3.42. The summed E-state index contributed by atoms with van der Waals surface area (Å²) < 4.78 is 0. The molecule has 0 saturated carbocycles. The third-order valence-corrected chi connectivity index (χ3v) is 3.42. The molecule has 0 aliphatic carbocycles. The summed E-state index contributed by atoms with van der Waals surface area (Å²) in [6.07, 6.45) is 2.81. The van der Waals surface area contributed by atoms with E-state index in [0.29, 0.717) is 0 Å². The number of para-hydroxylation sites is 1. The van der Waals surface area contributed by atoms with E-state index in [2.05, 4.69) is 4.90 Å². The van der Waals surface area contributed by atoms with Crippen LogP contribution in [0.15, 0.2) is 24.3 Å². The molecular weight excluding hydrogens is 214 g/mol. The molecule has 1 saturated heterocycles. The highest BCUT2D eigenvalue weighted by molar-refractivity contribution is 5.80. The van der Waals surface area contributed by atoms with Crippen molar-refractivity contribution in [3.8, 4) is 0 Å².